The summed E-state index contributed by atoms with van der Waals surface area (Å²) in [5.41, 5.74) is 7.51. The molecule has 0 aliphatic heterocycles. The van der Waals surface area contributed by atoms with Crippen LogP contribution in [0.15, 0.2) is 65.3 Å². The molecule has 120 valence electrons. The third kappa shape index (κ3) is 3.45. The third-order valence-corrected chi connectivity index (χ3v) is 4.18. The summed E-state index contributed by atoms with van der Waals surface area (Å²) in [4.78, 5) is 2.13. The van der Waals surface area contributed by atoms with Crippen LogP contribution in [0.5, 0.6) is 0 Å². The molecule has 2 aromatic carbocycles. The van der Waals surface area contributed by atoms with Crippen LogP contribution in [-0.4, -0.2) is 25.5 Å². The standard InChI is InChI=1S/C19H23N3O/c1-22(2)17(18-11-6-12-23-18)13-21-19(20)16-10-5-8-14-7-3-4-9-15(14)16/h3-12,17,19,21H,13,20H2,1-2H3. The fraction of sp³-hybridized carbons (Fsp3) is 0.263. The zero-order valence-corrected chi connectivity index (χ0v) is 13.6. The highest BCUT2D eigenvalue weighted by molar-refractivity contribution is 5.86. The lowest BCUT2D eigenvalue weighted by molar-refractivity contribution is 0.244. The largest absolute Gasteiger partial charge is 0.468 e. The number of furan rings is 1. The molecule has 23 heavy (non-hydrogen) atoms. The van der Waals surface area contributed by atoms with Gasteiger partial charge in [-0.15, -0.1) is 0 Å². The van der Waals surface area contributed by atoms with Crippen molar-refractivity contribution < 1.29 is 4.42 Å². The van der Waals surface area contributed by atoms with E-state index in [1.165, 1.54) is 10.8 Å². The number of hydrogen-bond donors (Lipinski definition) is 2. The summed E-state index contributed by atoms with van der Waals surface area (Å²) in [6.45, 7) is 0.713. The van der Waals surface area contributed by atoms with Gasteiger partial charge >= 0.3 is 0 Å². The molecule has 0 amide bonds. The van der Waals surface area contributed by atoms with E-state index in [2.05, 4.69) is 40.5 Å². The van der Waals surface area contributed by atoms with Crippen molar-refractivity contribution in [3.05, 3.63) is 72.2 Å². The number of hydrogen-bond acceptors (Lipinski definition) is 4. The van der Waals surface area contributed by atoms with E-state index in [1.54, 1.807) is 6.26 Å². The van der Waals surface area contributed by atoms with E-state index in [9.17, 15) is 0 Å². The Morgan fingerprint density at radius 1 is 1.04 bits per heavy atom. The van der Waals surface area contributed by atoms with Gasteiger partial charge in [-0.3, -0.25) is 10.2 Å². The molecular formula is C19H23N3O. The molecular weight excluding hydrogens is 286 g/mol. The molecule has 4 heteroatoms. The van der Waals surface area contributed by atoms with Crippen molar-refractivity contribution in [2.75, 3.05) is 20.6 Å². The Bertz CT molecular complexity index is 747. The van der Waals surface area contributed by atoms with Gasteiger partial charge in [-0.2, -0.15) is 0 Å². The maximum absolute atomic E-state index is 6.40. The van der Waals surface area contributed by atoms with Crippen LogP contribution in [0.3, 0.4) is 0 Å². The highest BCUT2D eigenvalue weighted by atomic mass is 16.3. The molecule has 2 unspecified atom stereocenters. The fourth-order valence-electron chi connectivity index (χ4n) is 2.89. The molecule has 1 aromatic heterocycles. The second-order valence-electron chi connectivity index (χ2n) is 5.95. The molecule has 0 radical (unpaired) electrons. The molecule has 0 aliphatic carbocycles. The predicted octanol–water partition coefficient (Wildman–Crippen LogP) is 3.28. The van der Waals surface area contributed by atoms with Crippen LogP contribution in [0.25, 0.3) is 10.8 Å². The Morgan fingerprint density at radius 3 is 2.57 bits per heavy atom. The average molecular weight is 309 g/mol. The molecule has 0 bridgehead atoms. The van der Waals surface area contributed by atoms with Crippen LogP contribution in [0.4, 0.5) is 0 Å². The second kappa shape index (κ2) is 6.96. The lowest BCUT2D eigenvalue weighted by Gasteiger charge is -2.25. The van der Waals surface area contributed by atoms with Gasteiger partial charge < -0.3 is 10.2 Å². The van der Waals surface area contributed by atoms with Gasteiger partial charge in [0.25, 0.3) is 0 Å². The van der Waals surface area contributed by atoms with Crippen LogP contribution < -0.4 is 11.1 Å². The van der Waals surface area contributed by atoms with Crippen molar-refractivity contribution in [3.8, 4) is 0 Å². The summed E-state index contributed by atoms with van der Waals surface area (Å²) in [6, 6.07) is 18.6. The SMILES string of the molecule is CN(C)C(CNC(N)c1cccc2ccccc12)c1ccco1. The minimum atomic E-state index is -0.224. The van der Waals surface area contributed by atoms with Crippen molar-refractivity contribution in [1.82, 2.24) is 10.2 Å². The number of rotatable bonds is 6. The van der Waals surface area contributed by atoms with Crippen molar-refractivity contribution in [2.24, 2.45) is 5.73 Å². The zero-order valence-electron chi connectivity index (χ0n) is 13.6. The summed E-state index contributed by atoms with van der Waals surface area (Å²) >= 11 is 0. The molecule has 3 rings (SSSR count). The van der Waals surface area contributed by atoms with Gasteiger partial charge in [-0.1, -0.05) is 42.5 Å². The van der Waals surface area contributed by atoms with Crippen molar-refractivity contribution >= 4 is 10.8 Å². The van der Waals surface area contributed by atoms with Gasteiger partial charge in [-0.25, -0.2) is 0 Å². The Hall–Kier alpha value is -2.14. The molecule has 0 aliphatic rings. The highest BCUT2D eigenvalue weighted by Crippen LogP contribution is 2.23. The maximum Gasteiger partial charge on any atom is 0.122 e. The highest BCUT2D eigenvalue weighted by Gasteiger charge is 2.18. The first kappa shape index (κ1) is 15.7. The first-order chi connectivity index (χ1) is 11.2. The normalized spacial score (nSPS) is 14.3. The number of nitrogens with two attached hydrogens (primary N) is 1. The number of nitrogens with zero attached hydrogens (tertiary/aromatic N) is 1. The summed E-state index contributed by atoms with van der Waals surface area (Å²) in [6.07, 6.45) is 1.48. The van der Waals surface area contributed by atoms with E-state index in [1.807, 2.05) is 38.4 Å². The van der Waals surface area contributed by atoms with Crippen LogP contribution in [0.1, 0.15) is 23.5 Å². The number of nitrogens with one attached hydrogen (secondary N) is 1. The molecule has 2 atom stereocenters. The lowest BCUT2D eigenvalue weighted by Crippen LogP contribution is -2.36. The van der Waals surface area contributed by atoms with Gasteiger partial charge in [0, 0.05) is 6.54 Å². The van der Waals surface area contributed by atoms with Crippen molar-refractivity contribution in [1.29, 1.82) is 0 Å². The van der Waals surface area contributed by atoms with E-state index in [0.717, 1.165) is 11.3 Å². The third-order valence-electron chi connectivity index (χ3n) is 4.18. The molecule has 4 nitrogen and oxygen atoms in total. The molecule has 1 heterocycles. The molecule has 3 aromatic rings. The number of likely N-dealkylation sites (N-methyl/N-ethyl adjacent to an activating group) is 1. The number of benzene rings is 2. The number of fused-ring (bicyclic) bond motifs is 1. The van der Waals surface area contributed by atoms with Crippen LogP contribution in [0.2, 0.25) is 0 Å². The van der Waals surface area contributed by atoms with Crippen molar-refractivity contribution in [3.63, 3.8) is 0 Å². The zero-order chi connectivity index (χ0) is 16.2. The van der Waals surface area contributed by atoms with Gasteiger partial charge in [0.1, 0.15) is 5.76 Å². The minimum absolute atomic E-state index is 0.144. The summed E-state index contributed by atoms with van der Waals surface area (Å²) in [5.74, 6) is 0.938. The molecule has 0 spiro atoms. The van der Waals surface area contributed by atoms with Crippen LogP contribution in [-0.2, 0) is 0 Å². The topological polar surface area (TPSA) is 54.4 Å². The molecule has 0 saturated carbocycles. The lowest BCUT2D eigenvalue weighted by atomic mass is 10.0. The monoisotopic (exact) mass is 309 g/mol. The average Bonchev–Trinajstić information content (AvgIpc) is 3.08. The summed E-state index contributed by atoms with van der Waals surface area (Å²) < 4.78 is 5.54. The minimum Gasteiger partial charge on any atom is -0.468 e. The fourth-order valence-corrected chi connectivity index (χ4v) is 2.89. The van der Waals surface area contributed by atoms with Gasteiger partial charge in [0.2, 0.25) is 0 Å². The molecule has 3 N–H and O–H groups in total. The molecule has 0 fully saturated rings. The van der Waals surface area contributed by atoms with Crippen LogP contribution in [0, 0.1) is 0 Å². The van der Waals surface area contributed by atoms with E-state index >= 15 is 0 Å². The Balaban J connectivity index is 1.77. The second-order valence-corrected chi connectivity index (χ2v) is 5.95. The van der Waals surface area contributed by atoms with Crippen LogP contribution >= 0.6 is 0 Å². The van der Waals surface area contributed by atoms with Crippen molar-refractivity contribution in [2.45, 2.75) is 12.2 Å². The Morgan fingerprint density at radius 2 is 1.83 bits per heavy atom. The van der Waals surface area contributed by atoms with Gasteiger partial charge in [-0.05, 0) is 42.6 Å². The van der Waals surface area contributed by atoms with E-state index in [0.29, 0.717) is 6.54 Å². The van der Waals surface area contributed by atoms with E-state index < -0.39 is 0 Å². The molecule has 0 saturated heterocycles. The predicted molar refractivity (Wildman–Crippen MR) is 94.0 cm³/mol. The summed E-state index contributed by atoms with van der Waals surface area (Å²) in [5, 5.41) is 5.83. The first-order valence-electron chi connectivity index (χ1n) is 7.83. The van der Waals surface area contributed by atoms with E-state index in [-0.39, 0.29) is 12.2 Å². The quantitative estimate of drug-likeness (QED) is 0.686. The van der Waals surface area contributed by atoms with E-state index in [4.69, 9.17) is 10.2 Å². The maximum atomic E-state index is 6.40. The van der Waals surface area contributed by atoms with Gasteiger partial charge in [0.05, 0.1) is 18.5 Å². The Labute approximate surface area is 136 Å². The van der Waals surface area contributed by atoms with Gasteiger partial charge in [0.15, 0.2) is 0 Å². The Kier molecular flexibility index (Phi) is 4.76. The smallest absolute Gasteiger partial charge is 0.122 e. The first-order valence-corrected chi connectivity index (χ1v) is 7.83. The summed E-state index contributed by atoms with van der Waals surface area (Å²) in [7, 11) is 4.08.